The number of hydrogen-bond donors (Lipinski definition) is 2. The van der Waals surface area contributed by atoms with Gasteiger partial charge in [0.1, 0.15) is 0 Å². The third-order valence-corrected chi connectivity index (χ3v) is 2.27. The van der Waals surface area contributed by atoms with Crippen molar-refractivity contribution in [2.75, 3.05) is 6.54 Å². The van der Waals surface area contributed by atoms with Crippen LogP contribution in [0, 0.1) is 11.3 Å². The summed E-state index contributed by atoms with van der Waals surface area (Å²) in [7, 11) is 0. The molecule has 0 saturated heterocycles. The average Bonchev–Trinajstić information content (AvgIpc) is 2.15. The third kappa shape index (κ3) is 4.61. The first-order chi connectivity index (χ1) is 7.20. The van der Waals surface area contributed by atoms with Crippen LogP contribution in [0.3, 0.4) is 0 Å². The Balaban J connectivity index is 4.52. The van der Waals surface area contributed by atoms with Crippen LogP contribution in [0.2, 0.25) is 0 Å². The van der Waals surface area contributed by atoms with Gasteiger partial charge in [-0.05, 0) is 26.2 Å². The summed E-state index contributed by atoms with van der Waals surface area (Å²) >= 11 is 0. The van der Waals surface area contributed by atoms with Crippen LogP contribution in [0.1, 0.15) is 34.1 Å². The first-order valence-electron chi connectivity index (χ1n) is 5.34. The molecule has 1 unspecified atom stereocenters. The van der Waals surface area contributed by atoms with E-state index in [1.165, 1.54) is 0 Å². The predicted octanol–water partition coefficient (Wildman–Crippen LogP) is 1.01. The van der Waals surface area contributed by atoms with Crippen molar-refractivity contribution < 1.29 is 19.4 Å². The molecule has 16 heavy (non-hydrogen) atoms. The monoisotopic (exact) mass is 231 g/mol. The van der Waals surface area contributed by atoms with E-state index in [9.17, 15) is 9.59 Å². The number of hydrogen-bond acceptors (Lipinski definition) is 4. The van der Waals surface area contributed by atoms with Crippen LogP contribution in [-0.2, 0) is 14.3 Å². The van der Waals surface area contributed by atoms with Gasteiger partial charge in [-0.25, -0.2) is 4.79 Å². The minimum atomic E-state index is -1.12. The number of aliphatic carboxylic acids is 1. The highest BCUT2D eigenvalue weighted by Gasteiger charge is 2.32. The topological polar surface area (TPSA) is 89.6 Å². The van der Waals surface area contributed by atoms with Crippen LogP contribution in [-0.4, -0.2) is 29.7 Å². The Hall–Kier alpha value is -1.10. The van der Waals surface area contributed by atoms with E-state index in [1.807, 2.05) is 13.8 Å². The maximum absolute atomic E-state index is 11.6. The zero-order chi connectivity index (χ0) is 12.9. The van der Waals surface area contributed by atoms with Gasteiger partial charge in [-0.1, -0.05) is 13.8 Å². The fraction of sp³-hybridized carbons (Fsp3) is 0.818. The molecular weight excluding hydrogens is 210 g/mol. The molecule has 0 spiro atoms. The largest absolute Gasteiger partial charge is 0.479 e. The van der Waals surface area contributed by atoms with Crippen molar-refractivity contribution in [3.05, 3.63) is 0 Å². The maximum atomic E-state index is 11.6. The molecule has 0 aromatic rings. The summed E-state index contributed by atoms with van der Waals surface area (Å²) in [6, 6.07) is 0. The van der Waals surface area contributed by atoms with Gasteiger partial charge in [-0.2, -0.15) is 0 Å². The number of nitrogens with two attached hydrogens (primary N) is 1. The zero-order valence-corrected chi connectivity index (χ0v) is 10.3. The van der Waals surface area contributed by atoms with Crippen molar-refractivity contribution in [1.82, 2.24) is 0 Å². The lowest BCUT2D eigenvalue weighted by molar-refractivity contribution is -0.171. The van der Waals surface area contributed by atoms with Crippen molar-refractivity contribution >= 4 is 11.9 Å². The van der Waals surface area contributed by atoms with Gasteiger partial charge < -0.3 is 15.6 Å². The molecule has 5 nitrogen and oxygen atoms in total. The van der Waals surface area contributed by atoms with Gasteiger partial charge in [0.25, 0.3) is 0 Å². The predicted molar refractivity (Wildman–Crippen MR) is 59.8 cm³/mol. The lowest BCUT2D eigenvalue weighted by atomic mass is 9.94. The standard InChI is InChI=1S/C11H21NO4/c1-7(2)5-8(9(13)14)16-10(15)11(3,4)6-12/h7-8H,5-6,12H2,1-4H3,(H,13,14). The highest BCUT2D eigenvalue weighted by molar-refractivity contribution is 5.81. The summed E-state index contributed by atoms with van der Waals surface area (Å²) < 4.78 is 4.96. The molecule has 0 aromatic heterocycles. The van der Waals surface area contributed by atoms with Crippen LogP contribution in [0.25, 0.3) is 0 Å². The van der Waals surface area contributed by atoms with E-state index in [-0.39, 0.29) is 12.5 Å². The average molecular weight is 231 g/mol. The Morgan fingerprint density at radius 2 is 1.88 bits per heavy atom. The number of ether oxygens (including phenoxy) is 1. The summed E-state index contributed by atoms with van der Waals surface area (Å²) in [5, 5.41) is 8.90. The summed E-state index contributed by atoms with van der Waals surface area (Å²) in [6.45, 7) is 7.13. The SMILES string of the molecule is CC(C)CC(OC(=O)C(C)(C)CN)C(=O)O. The normalized spacial score (nSPS) is 13.6. The maximum Gasteiger partial charge on any atom is 0.345 e. The summed E-state index contributed by atoms with van der Waals surface area (Å²) in [5.41, 5.74) is 4.57. The molecule has 0 bridgehead atoms. The Bertz CT molecular complexity index is 261. The van der Waals surface area contributed by atoms with E-state index in [0.29, 0.717) is 6.42 Å². The van der Waals surface area contributed by atoms with Gasteiger partial charge >= 0.3 is 11.9 Å². The highest BCUT2D eigenvalue weighted by Crippen LogP contribution is 2.18. The van der Waals surface area contributed by atoms with Crippen LogP contribution < -0.4 is 5.73 Å². The van der Waals surface area contributed by atoms with Gasteiger partial charge in [-0.15, -0.1) is 0 Å². The number of rotatable bonds is 6. The molecule has 0 aliphatic rings. The van der Waals surface area contributed by atoms with E-state index in [0.717, 1.165) is 0 Å². The number of carboxylic acid groups (broad SMARTS) is 1. The van der Waals surface area contributed by atoms with Crippen LogP contribution >= 0.6 is 0 Å². The first-order valence-corrected chi connectivity index (χ1v) is 5.34. The van der Waals surface area contributed by atoms with Gasteiger partial charge in [0.2, 0.25) is 0 Å². The van der Waals surface area contributed by atoms with Crippen LogP contribution in [0.5, 0.6) is 0 Å². The van der Waals surface area contributed by atoms with Crippen molar-refractivity contribution in [2.45, 2.75) is 40.2 Å². The van der Waals surface area contributed by atoms with Gasteiger partial charge in [0.15, 0.2) is 6.10 Å². The van der Waals surface area contributed by atoms with Crippen molar-refractivity contribution in [3.8, 4) is 0 Å². The molecule has 0 heterocycles. The van der Waals surface area contributed by atoms with Gasteiger partial charge in [0, 0.05) is 6.54 Å². The summed E-state index contributed by atoms with van der Waals surface area (Å²) in [4.78, 5) is 22.5. The molecule has 0 rings (SSSR count). The minimum absolute atomic E-state index is 0.125. The number of carbonyl (C=O) groups excluding carboxylic acids is 1. The molecule has 3 N–H and O–H groups in total. The summed E-state index contributed by atoms with van der Waals surface area (Å²) in [6.07, 6.45) is -0.778. The molecule has 0 fully saturated rings. The number of carbonyl (C=O) groups is 2. The molecule has 0 aliphatic heterocycles. The van der Waals surface area contributed by atoms with Crippen molar-refractivity contribution in [2.24, 2.45) is 17.1 Å². The van der Waals surface area contributed by atoms with E-state index in [4.69, 9.17) is 15.6 Å². The number of carboxylic acids is 1. The summed E-state index contributed by atoms with van der Waals surface area (Å²) in [5.74, 6) is -1.53. The molecule has 0 amide bonds. The second kappa shape index (κ2) is 5.84. The highest BCUT2D eigenvalue weighted by atomic mass is 16.6. The first kappa shape index (κ1) is 14.9. The van der Waals surface area contributed by atoms with E-state index >= 15 is 0 Å². The molecule has 1 atom stereocenters. The molecule has 0 saturated carbocycles. The Morgan fingerprint density at radius 3 is 2.19 bits per heavy atom. The van der Waals surface area contributed by atoms with E-state index in [1.54, 1.807) is 13.8 Å². The molecular formula is C11H21NO4. The lowest BCUT2D eigenvalue weighted by Gasteiger charge is -2.23. The molecule has 0 aromatic carbocycles. The number of esters is 1. The molecule has 0 radical (unpaired) electrons. The van der Waals surface area contributed by atoms with Gasteiger partial charge in [-0.3, -0.25) is 4.79 Å². The minimum Gasteiger partial charge on any atom is -0.479 e. The Labute approximate surface area is 96.0 Å². The fourth-order valence-corrected chi connectivity index (χ4v) is 1.000. The second-order valence-corrected chi connectivity index (χ2v) is 4.95. The van der Waals surface area contributed by atoms with Crippen LogP contribution in [0.15, 0.2) is 0 Å². The molecule has 0 aliphatic carbocycles. The van der Waals surface area contributed by atoms with Gasteiger partial charge in [0.05, 0.1) is 5.41 Å². The zero-order valence-electron chi connectivity index (χ0n) is 10.3. The fourth-order valence-electron chi connectivity index (χ4n) is 1.000. The van der Waals surface area contributed by atoms with E-state index < -0.39 is 23.5 Å². The van der Waals surface area contributed by atoms with E-state index in [2.05, 4.69) is 0 Å². The molecule has 94 valence electrons. The Morgan fingerprint density at radius 1 is 1.38 bits per heavy atom. The van der Waals surface area contributed by atoms with Crippen molar-refractivity contribution in [3.63, 3.8) is 0 Å². The Kier molecular flexibility index (Phi) is 5.44. The smallest absolute Gasteiger partial charge is 0.345 e. The van der Waals surface area contributed by atoms with Crippen LogP contribution in [0.4, 0.5) is 0 Å². The lowest BCUT2D eigenvalue weighted by Crippen LogP contribution is -2.39. The third-order valence-electron chi connectivity index (χ3n) is 2.27. The quantitative estimate of drug-likeness (QED) is 0.666. The molecule has 5 heteroatoms. The van der Waals surface area contributed by atoms with Crippen molar-refractivity contribution in [1.29, 1.82) is 0 Å². The second-order valence-electron chi connectivity index (χ2n) is 4.95.